The molecule has 0 spiro atoms. The van der Waals surface area contributed by atoms with Crippen LogP contribution < -0.4 is 10.1 Å². The maximum Gasteiger partial charge on any atom is 0.243 e. The van der Waals surface area contributed by atoms with E-state index < -0.39 is 6.04 Å². The zero-order chi connectivity index (χ0) is 19.6. The lowest BCUT2D eigenvalue weighted by Crippen LogP contribution is -2.47. The van der Waals surface area contributed by atoms with Crippen LogP contribution in [0.3, 0.4) is 0 Å². The Balaban J connectivity index is 1.74. The van der Waals surface area contributed by atoms with Gasteiger partial charge in [-0.05, 0) is 38.8 Å². The number of likely N-dealkylation sites (tertiary alicyclic amines) is 1. The number of hydrogen-bond donors (Lipinski definition) is 1. The van der Waals surface area contributed by atoms with Gasteiger partial charge in [0.05, 0.1) is 12.6 Å². The summed E-state index contributed by atoms with van der Waals surface area (Å²) in [4.78, 5) is 26.8. The van der Waals surface area contributed by atoms with Crippen molar-refractivity contribution in [3.63, 3.8) is 0 Å². The number of furan rings is 1. The number of para-hydroxylation sites is 1. The number of fused-ring (bicyclic) bond motifs is 1. The lowest BCUT2D eigenvalue weighted by Gasteiger charge is -2.26. The van der Waals surface area contributed by atoms with E-state index in [-0.39, 0.29) is 23.8 Å². The average Bonchev–Trinajstić information content (AvgIpc) is 3.28. The third-order valence-corrected chi connectivity index (χ3v) is 4.94. The molecule has 146 valence electrons. The van der Waals surface area contributed by atoms with Crippen LogP contribution in [0, 0.1) is 5.92 Å². The predicted molar refractivity (Wildman–Crippen MR) is 104 cm³/mol. The minimum Gasteiger partial charge on any atom is -0.490 e. The molecule has 0 saturated carbocycles. The molecule has 27 heavy (non-hydrogen) atoms. The molecular weight excluding hydrogens is 344 g/mol. The molecule has 1 N–H and O–H groups in total. The van der Waals surface area contributed by atoms with Crippen LogP contribution in [0.2, 0.25) is 0 Å². The molecule has 0 aliphatic carbocycles. The molecular formula is C21H28N2O4. The summed E-state index contributed by atoms with van der Waals surface area (Å²) in [5, 5.41) is 3.95. The van der Waals surface area contributed by atoms with Crippen molar-refractivity contribution in [1.29, 1.82) is 0 Å². The van der Waals surface area contributed by atoms with Crippen LogP contribution in [0.15, 0.2) is 28.7 Å². The second-order valence-corrected chi connectivity index (χ2v) is 7.33. The zero-order valence-electron chi connectivity index (χ0n) is 16.5. The molecule has 6 heteroatoms. The second kappa shape index (κ2) is 8.03. The van der Waals surface area contributed by atoms with Crippen molar-refractivity contribution < 1.29 is 18.7 Å². The van der Waals surface area contributed by atoms with Gasteiger partial charge >= 0.3 is 0 Å². The van der Waals surface area contributed by atoms with E-state index in [0.717, 1.165) is 11.8 Å². The molecule has 2 heterocycles. The van der Waals surface area contributed by atoms with Crippen LogP contribution in [0.4, 0.5) is 0 Å². The lowest BCUT2D eigenvalue weighted by atomic mass is 10.1. The van der Waals surface area contributed by atoms with Crippen molar-refractivity contribution >= 4 is 22.8 Å². The fourth-order valence-electron chi connectivity index (χ4n) is 3.55. The van der Waals surface area contributed by atoms with Gasteiger partial charge in [0, 0.05) is 17.8 Å². The first-order valence-corrected chi connectivity index (χ1v) is 9.68. The number of amides is 2. The summed E-state index contributed by atoms with van der Waals surface area (Å²) < 4.78 is 11.6. The molecule has 1 aliphatic heterocycles. The molecule has 1 fully saturated rings. The first-order chi connectivity index (χ1) is 12.9. The predicted octanol–water partition coefficient (Wildman–Crippen LogP) is 3.66. The Labute approximate surface area is 159 Å². The van der Waals surface area contributed by atoms with Crippen molar-refractivity contribution in [2.24, 2.45) is 5.92 Å². The number of nitrogens with one attached hydrogen (secondary N) is 1. The van der Waals surface area contributed by atoms with Gasteiger partial charge in [0.2, 0.25) is 11.8 Å². The molecule has 1 saturated heterocycles. The van der Waals surface area contributed by atoms with Crippen LogP contribution in [-0.4, -0.2) is 35.9 Å². The van der Waals surface area contributed by atoms with Crippen LogP contribution in [0.1, 0.15) is 52.3 Å². The van der Waals surface area contributed by atoms with Crippen molar-refractivity contribution in [2.45, 2.75) is 52.6 Å². The van der Waals surface area contributed by atoms with E-state index in [4.69, 9.17) is 9.15 Å². The fraction of sp³-hybridized carbons (Fsp3) is 0.524. The molecule has 3 rings (SSSR count). The van der Waals surface area contributed by atoms with Gasteiger partial charge in [-0.15, -0.1) is 0 Å². The number of rotatable bonds is 6. The Morgan fingerprint density at radius 1 is 1.33 bits per heavy atom. The van der Waals surface area contributed by atoms with E-state index in [9.17, 15) is 9.59 Å². The summed E-state index contributed by atoms with van der Waals surface area (Å²) >= 11 is 0. The topological polar surface area (TPSA) is 71.8 Å². The van der Waals surface area contributed by atoms with Crippen molar-refractivity contribution in [2.75, 3.05) is 13.2 Å². The highest BCUT2D eigenvalue weighted by Gasteiger charge is 2.35. The van der Waals surface area contributed by atoms with Crippen LogP contribution in [0.5, 0.6) is 5.75 Å². The first-order valence-electron chi connectivity index (χ1n) is 9.68. The minimum atomic E-state index is -0.397. The van der Waals surface area contributed by atoms with Crippen LogP contribution in [-0.2, 0) is 9.59 Å². The van der Waals surface area contributed by atoms with Crippen LogP contribution in [0.25, 0.3) is 11.0 Å². The molecule has 2 unspecified atom stereocenters. The third kappa shape index (κ3) is 3.94. The lowest BCUT2D eigenvalue weighted by molar-refractivity contribution is -0.141. The Hall–Kier alpha value is -2.50. The van der Waals surface area contributed by atoms with Gasteiger partial charge in [-0.1, -0.05) is 26.0 Å². The quantitative estimate of drug-likeness (QED) is 0.840. The molecule has 2 aromatic rings. The van der Waals surface area contributed by atoms with Gasteiger partial charge in [0.1, 0.15) is 11.8 Å². The van der Waals surface area contributed by atoms with E-state index in [1.165, 1.54) is 0 Å². The Kier molecular flexibility index (Phi) is 5.73. The smallest absolute Gasteiger partial charge is 0.243 e. The third-order valence-electron chi connectivity index (χ3n) is 4.94. The van der Waals surface area contributed by atoms with E-state index in [2.05, 4.69) is 5.32 Å². The molecule has 2 amide bonds. The summed E-state index contributed by atoms with van der Waals surface area (Å²) in [7, 11) is 0. The Morgan fingerprint density at radius 2 is 2.11 bits per heavy atom. The molecule has 1 aliphatic rings. The van der Waals surface area contributed by atoms with Gasteiger partial charge < -0.3 is 19.4 Å². The molecule has 2 atom stereocenters. The fourth-order valence-corrected chi connectivity index (χ4v) is 3.55. The first kappa shape index (κ1) is 19.3. The number of benzene rings is 1. The summed E-state index contributed by atoms with van der Waals surface area (Å²) in [6.45, 7) is 8.75. The van der Waals surface area contributed by atoms with E-state index in [0.29, 0.717) is 36.7 Å². The molecule has 0 bridgehead atoms. The number of nitrogens with zero attached hydrogens (tertiary/aromatic N) is 1. The number of hydrogen-bond acceptors (Lipinski definition) is 4. The number of ether oxygens (including phenoxy) is 1. The van der Waals surface area contributed by atoms with Gasteiger partial charge in [-0.25, -0.2) is 0 Å². The van der Waals surface area contributed by atoms with Crippen molar-refractivity contribution in [3.8, 4) is 5.75 Å². The van der Waals surface area contributed by atoms with Crippen molar-refractivity contribution in [1.82, 2.24) is 10.2 Å². The Bertz CT molecular complexity index is 827. The number of carbonyl (C=O) groups is 2. The highest BCUT2D eigenvalue weighted by atomic mass is 16.5. The van der Waals surface area contributed by atoms with Crippen LogP contribution >= 0.6 is 0 Å². The maximum absolute atomic E-state index is 12.8. The van der Waals surface area contributed by atoms with E-state index in [1.54, 1.807) is 4.90 Å². The highest BCUT2D eigenvalue weighted by Crippen LogP contribution is 2.31. The van der Waals surface area contributed by atoms with Gasteiger partial charge in [-0.2, -0.15) is 0 Å². The summed E-state index contributed by atoms with van der Waals surface area (Å²) in [6.07, 6.45) is 1.55. The van der Waals surface area contributed by atoms with Gasteiger partial charge in [0.25, 0.3) is 0 Å². The standard InChI is InChI=1S/C21H28N2O4/c1-5-26-17-10-6-8-15-12-18(27-19(15)17)14(4)22-20(24)16-9-7-11-23(16)21(25)13(2)3/h6,8,10,12-14,16H,5,7,9,11H2,1-4H3,(H,22,24). The molecule has 1 aromatic heterocycles. The molecule has 1 aromatic carbocycles. The largest absolute Gasteiger partial charge is 0.490 e. The summed E-state index contributed by atoms with van der Waals surface area (Å²) in [5.41, 5.74) is 0.688. The van der Waals surface area contributed by atoms with E-state index >= 15 is 0 Å². The average molecular weight is 372 g/mol. The molecule has 0 radical (unpaired) electrons. The van der Waals surface area contributed by atoms with Gasteiger partial charge in [0.15, 0.2) is 11.3 Å². The SMILES string of the molecule is CCOc1cccc2cc(C(C)NC(=O)C3CCCN3C(=O)C(C)C)oc12. The second-order valence-electron chi connectivity index (χ2n) is 7.33. The highest BCUT2D eigenvalue weighted by molar-refractivity contribution is 5.89. The maximum atomic E-state index is 12.8. The summed E-state index contributed by atoms with van der Waals surface area (Å²) in [5.74, 6) is 1.17. The van der Waals surface area contributed by atoms with Gasteiger partial charge in [-0.3, -0.25) is 9.59 Å². The summed E-state index contributed by atoms with van der Waals surface area (Å²) in [6, 6.07) is 6.98. The monoisotopic (exact) mass is 372 g/mol. The Morgan fingerprint density at radius 3 is 2.81 bits per heavy atom. The minimum absolute atomic E-state index is 0.0328. The molecule has 6 nitrogen and oxygen atoms in total. The normalized spacial score (nSPS) is 18.1. The van der Waals surface area contributed by atoms with Crippen molar-refractivity contribution in [3.05, 3.63) is 30.0 Å². The van der Waals surface area contributed by atoms with E-state index in [1.807, 2.05) is 52.0 Å². The zero-order valence-corrected chi connectivity index (χ0v) is 16.5. The number of carbonyl (C=O) groups excluding carboxylic acids is 2.